The summed E-state index contributed by atoms with van der Waals surface area (Å²) >= 11 is 6.16. The maximum absolute atomic E-state index is 6.16. The van der Waals surface area contributed by atoms with Crippen molar-refractivity contribution in [3.05, 3.63) is 17.2 Å². The first-order valence-corrected chi connectivity index (χ1v) is 6.59. The fraction of sp³-hybridized carbons (Fsp3) is 0.462. The molecule has 0 saturated heterocycles. The monoisotopic (exact) mass is 286 g/mol. The maximum Gasteiger partial charge on any atom is 0.179 e. The summed E-state index contributed by atoms with van der Waals surface area (Å²) in [6.07, 6.45) is 1.45. The van der Waals surface area contributed by atoms with E-state index in [1.807, 2.05) is 20.8 Å². The van der Waals surface area contributed by atoms with Gasteiger partial charge < -0.3 is 9.47 Å². The number of halogens is 1. The minimum Gasteiger partial charge on any atom is -0.490 e. The molecular formula is C13H19ClN2O3. The van der Waals surface area contributed by atoms with Gasteiger partial charge in [0.1, 0.15) is 6.34 Å². The fourth-order valence-corrected chi connectivity index (χ4v) is 1.66. The number of ether oxygens (including phenoxy) is 2. The summed E-state index contributed by atoms with van der Waals surface area (Å²) in [5.74, 6) is 1.13. The summed E-state index contributed by atoms with van der Waals surface area (Å²) in [7, 11) is 0. The first-order valence-electron chi connectivity index (χ1n) is 6.21. The molecule has 0 bridgehead atoms. The van der Waals surface area contributed by atoms with Crippen molar-refractivity contribution in [1.82, 2.24) is 5.48 Å². The Balaban J connectivity index is 2.92. The summed E-state index contributed by atoms with van der Waals surface area (Å²) in [6, 6.07) is 3.48. The van der Waals surface area contributed by atoms with Crippen LogP contribution in [0.15, 0.2) is 17.1 Å². The lowest BCUT2D eigenvalue weighted by Crippen LogP contribution is -2.10. The first-order chi connectivity index (χ1) is 9.22. The molecule has 0 atom stereocenters. The Morgan fingerprint density at radius 1 is 1.16 bits per heavy atom. The number of nitrogens with zero attached hydrogens (tertiary/aromatic N) is 1. The lowest BCUT2D eigenvalue weighted by atomic mass is 10.3. The summed E-state index contributed by atoms with van der Waals surface area (Å²) in [4.78, 5) is 9.10. The lowest BCUT2D eigenvalue weighted by Gasteiger charge is -2.13. The first kappa shape index (κ1) is 15.6. The quantitative estimate of drug-likeness (QED) is 0.345. The van der Waals surface area contributed by atoms with Gasteiger partial charge in [0.25, 0.3) is 0 Å². The van der Waals surface area contributed by atoms with Crippen molar-refractivity contribution in [2.75, 3.05) is 19.8 Å². The van der Waals surface area contributed by atoms with Crippen LogP contribution in [0.25, 0.3) is 0 Å². The highest BCUT2D eigenvalue weighted by Gasteiger charge is 2.11. The molecule has 19 heavy (non-hydrogen) atoms. The number of aliphatic imine (C=N–C) groups is 1. The molecule has 0 fully saturated rings. The Bertz CT molecular complexity index is 425. The Kier molecular flexibility index (Phi) is 7.07. The predicted molar refractivity (Wildman–Crippen MR) is 76.7 cm³/mol. The molecule has 1 N–H and O–H groups in total. The average molecular weight is 287 g/mol. The zero-order valence-corrected chi connectivity index (χ0v) is 12.2. The Hall–Kier alpha value is -1.46. The third kappa shape index (κ3) is 4.96. The van der Waals surface area contributed by atoms with E-state index in [1.54, 1.807) is 12.1 Å². The largest absolute Gasteiger partial charge is 0.490 e. The van der Waals surface area contributed by atoms with E-state index in [9.17, 15) is 0 Å². The van der Waals surface area contributed by atoms with E-state index >= 15 is 0 Å². The number of nitrogens with one attached hydrogen (secondary N) is 1. The van der Waals surface area contributed by atoms with Gasteiger partial charge in [0.2, 0.25) is 0 Å². The normalized spacial score (nSPS) is 10.7. The second kappa shape index (κ2) is 8.61. The number of hydroxylamine groups is 1. The van der Waals surface area contributed by atoms with Crippen molar-refractivity contribution in [1.29, 1.82) is 0 Å². The smallest absolute Gasteiger partial charge is 0.179 e. The molecular weight excluding hydrogens is 268 g/mol. The van der Waals surface area contributed by atoms with Crippen molar-refractivity contribution < 1.29 is 14.3 Å². The Morgan fingerprint density at radius 2 is 1.89 bits per heavy atom. The zero-order chi connectivity index (χ0) is 14.1. The van der Waals surface area contributed by atoms with Gasteiger partial charge in [-0.25, -0.2) is 4.99 Å². The second-order valence-corrected chi connectivity index (χ2v) is 3.84. The van der Waals surface area contributed by atoms with Gasteiger partial charge in [-0.1, -0.05) is 11.6 Å². The molecule has 6 heteroatoms. The van der Waals surface area contributed by atoms with Crippen LogP contribution in [0.2, 0.25) is 5.02 Å². The topological polar surface area (TPSA) is 52.1 Å². The standard InChI is InChI=1S/C13H19ClN2O3/c1-4-17-12-8-10(15-9-16-19-6-3)7-11(14)13(12)18-5-2/h7-9H,4-6H2,1-3H3,(H,15,16). The van der Waals surface area contributed by atoms with E-state index in [0.29, 0.717) is 42.0 Å². The van der Waals surface area contributed by atoms with Gasteiger partial charge >= 0.3 is 0 Å². The van der Waals surface area contributed by atoms with Gasteiger partial charge in [-0.05, 0) is 26.8 Å². The molecule has 0 spiro atoms. The van der Waals surface area contributed by atoms with Crippen LogP contribution < -0.4 is 15.0 Å². The van der Waals surface area contributed by atoms with Crippen molar-refractivity contribution in [3.63, 3.8) is 0 Å². The zero-order valence-electron chi connectivity index (χ0n) is 11.4. The third-order valence-electron chi connectivity index (χ3n) is 2.08. The van der Waals surface area contributed by atoms with Crippen LogP contribution in [0.3, 0.4) is 0 Å². The summed E-state index contributed by atoms with van der Waals surface area (Å²) < 4.78 is 11.0. The molecule has 0 heterocycles. The van der Waals surface area contributed by atoms with Gasteiger partial charge in [0, 0.05) is 6.07 Å². The van der Waals surface area contributed by atoms with Crippen LogP contribution in [0.1, 0.15) is 20.8 Å². The highest BCUT2D eigenvalue weighted by Crippen LogP contribution is 2.39. The van der Waals surface area contributed by atoms with Crippen LogP contribution >= 0.6 is 11.6 Å². The number of hydrogen-bond donors (Lipinski definition) is 1. The molecule has 0 radical (unpaired) electrons. The van der Waals surface area contributed by atoms with Crippen LogP contribution in [-0.4, -0.2) is 26.2 Å². The molecule has 0 amide bonds. The number of benzene rings is 1. The minimum absolute atomic E-state index is 0.469. The molecule has 0 unspecified atom stereocenters. The van der Waals surface area contributed by atoms with Crippen LogP contribution in [0, 0.1) is 0 Å². The molecule has 0 aliphatic heterocycles. The third-order valence-corrected chi connectivity index (χ3v) is 2.36. The van der Waals surface area contributed by atoms with Gasteiger partial charge in [0.05, 0.1) is 30.5 Å². The van der Waals surface area contributed by atoms with Crippen molar-refractivity contribution >= 4 is 23.6 Å². The number of hydrogen-bond acceptors (Lipinski definition) is 4. The summed E-state index contributed by atoms with van der Waals surface area (Å²) in [5.41, 5.74) is 3.24. The Morgan fingerprint density at radius 3 is 2.53 bits per heavy atom. The van der Waals surface area contributed by atoms with E-state index in [-0.39, 0.29) is 0 Å². The van der Waals surface area contributed by atoms with Crippen LogP contribution in [0.4, 0.5) is 5.69 Å². The van der Waals surface area contributed by atoms with Crippen LogP contribution in [0.5, 0.6) is 11.5 Å². The molecule has 5 nitrogen and oxygen atoms in total. The molecule has 106 valence electrons. The second-order valence-electron chi connectivity index (χ2n) is 3.43. The molecule has 0 aliphatic rings. The van der Waals surface area contributed by atoms with E-state index in [0.717, 1.165) is 0 Å². The summed E-state index contributed by atoms with van der Waals surface area (Å²) in [6.45, 7) is 7.28. The highest BCUT2D eigenvalue weighted by molar-refractivity contribution is 6.32. The van der Waals surface area contributed by atoms with Gasteiger partial charge in [-0.2, -0.15) is 0 Å². The molecule has 0 aromatic heterocycles. The lowest BCUT2D eigenvalue weighted by molar-refractivity contribution is 0.100. The molecule has 1 aromatic carbocycles. The van der Waals surface area contributed by atoms with Crippen molar-refractivity contribution in [3.8, 4) is 11.5 Å². The minimum atomic E-state index is 0.469. The van der Waals surface area contributed by atoms with Crippen molar-refractivity contribution in [2.24, 2.45) is 4.99 Å². The van der Waals surface area contributed by atoms with Gasteiger partial charge in [0.15, 0.2) is 11.5 Å². The molecule has 1 aromatic rings. The maximum atomic E-state index is 6.16. The predicted octanol–water partition coefficient (Wildman–Crippen LogP) is 3.34. The molecule has 0 aliphatic carbocycles. The van der Waals surface area contributed by atoms with E-state index in [4.69, 9.17) is 25.9 Å². The highest BCUT2D eigenvalue weighted by atomic mass is 35.5. The Labute approximate surface area is 118 Å². The number of rotatable bonds is 8. The molecule has 0 saturated carbocycles. The van der Waals surface area contributed by atoms with Crippen molar-refractivity contribution in [2.45, 2.75) is 20.8 Å². The van der Waals surface area contributed by atoms with E-state index in [2.05, 4.69) is 10.5 Å². The fourth-order valence-electron chi connectivity index (χ4n) is 1.40. The van der Waals surface area contributed by atoms with Gasteiger partial charge in [-0.3, -0.25) is 10.3 Å². The SMILES string of the molecule is CCONC=Nc1cc(Cl)c(OCC)c(OCC)c1. The average Bonchev–Trinajstić information content (AvgIpc) is 2.39. The van der Waals surface area contributed by atoms with E-state index in [1.165, 1.54) is 6.34 Å². The summed E-state index contributed by atoms with van der Waals surface area (Å²) in [5, 5.41) is 0.469. The molecule has 1 rings (SSSR count). The van der Waals surface area contributed by atoms with Gasteiger partial charge in [-0.15, -0.1) is 0 Å². The van der Waals surface area contributed by atoms with E-state index < -0.39 is 0 Å². The van der Waals surface area contributed by atoms with Crippen LogP contribution in [-0.2, 0) is 4.84 Å².